The Bertz CT molecular complexity index is 1670. The Morgan fingerprint density at radius 3 is 2.50 bits per heavy atom. The van der Waals surface area contributed by atoms with Crippen molar-refractivity contribution in [3.63, 3.8) is 0 Å². The standard InChI is InChI=1S/C30H28Cl2F2N2O5S/c31-21-2-1-3-22(32)27(21)28-20(29(41-35-28)30(34)8-9-30)14-40-26-12-18-10-17(26)13-36(18)24-7-4-16(11-23(24)33)25(37)15-42(38,39)19-5-6-19/h1-4,7,11,17-19,26H,5-6,8-10,12-15H2/t17-,18-,26+/m0/s1. The van der Waals surface area contributed by atoms with Crippen LogP contribution in [0.2, 0.25) is 10.0 Å². The van der Waals surface area contributed by atoms with Crippen molar-refractivity contribution in [1.29, 1.82) is 0 Å². The molecule has 0 unspecified atom stereocenters. The fourth-order valence-electron chi connectivity index (χ4n) is 6.37. The topological polar surface area (TPSA) is 89.7 Å². The van der Waals surface area contributed by atoms with Gasteiger partial charge in [0.2, 0.25) is 0 Å². The lowest BCUT2D eigenvalue weighted by Gasteiger charge is -2.33. The Morgan fingerprint density at radius 2 is 1.88 bits per heavy atom. The normalized spacial score (nSPS) is 24.4. The second-order valence-corrected chi connectivity index (χ2v) is 15.0. The van der Waals surface area contributed by atoms with Gasteiger partial charge in [0.15, 0.2) is 27.0 Å². The van der Waals surface area contributed by atoms with Crippen LogP contribution in [0, 0.1) is 11.7 Å². The molecule has 3 aliphatic carbocycles. The number of carbonyl (C=O) groups is 1. The summed E-state index contributed by atoms with van der Waals surface area (Å²) in [5.41, 5.74) is 0.214. The number of ketones is 1. The summed E-state index contributed by atoms with van der Waals surface area (Å²) in [5, 5.41) is 4.46. The predicted molar refractivity (Wildman–Crippen MR) is 154 cm³/mol. The summed E-state index contributed by atoms with van der Waals surface area (Å²) >= 11 is 12.9. The first-order chi connectivity index (χ1) is 20.0. The number of aromatic nitrogens is 1. The minimum Gasteiger partial charge on any atom is -0.373 e. The number of fused-ring (bicyclic) bond motifs is 2. The number of ether oxygens (including phenoxy) is 1. The summed E-state index contributed by atoms with van der Waals surface area (Å²) in [4.78, 5) is 14.5. The van der Waals surface area contributed by atoms with Crippen molar-refractivity contribution in [3.8, 4) is 11.3 Å². The number of nitrogens with zero attached hydrogens (tertiary/aromatic N) is 2. The van der Waals surface area contributed by atoms with Crippen LogP contribution in [-0.2, 0) is 26.8 Å². The third-order valence-electron chi connectivity index (χ3n) is 8.95. The van der Waals surface area contributed by atoms with E-state index in [0.29, 0.717) is 71.2 Å². The maximum atomic E-state index is 15.2. The third-order valence-corrected chi connectivity index (χ3v) is 11.7. The summed E-state index contributed by atoms with van der Waals surface area (Å²) in [6.45, 7) is 0.632. The number of anilines is 1. The van der Waals surface area contributed by atoms with E-state index in [-0.39, 0.29) is 36.0 Å². The molecule has 1 aliphatic heterocycles. The fourth-order valence-corrected chi connectivity index (χ4v) is 8.57. The molecular weight excluding hydrogens is 609 g/mol. The number of Topliss-reactive ketones (excluding diaryl/α,β-unsaturated/α-hetero) is 1. The van der Waals surface area contributed by atoms with Gasteiger partial charge in [-0.15, -0.1) is 0 Å². The van der Waals surface area contributed by atoms with Crippen LogP contribution >= 0.6 is 23.2 Å². The van der Waals surface area contributed by atoms with Gasteiger partial charge in [0.05, 0.1) is 39.3 Å². The molecule has 3 saturated carbocycles. The Kier molecular flexibility index (Phi) is 6.92. The molecule has 3 aromatic rings. The van der Waals surface area contributed by atoms with E-state index in [1.165, 1.54) is 6.07 Å². The molecule has 222 valence electrons. The molecule has 7 rings (SSSR count). The molecule has 3 atom stereocenters. The molecule has 0 spiro atoms. The van der Waals surface area contributed by atoms with Gasteiger partial charge in [0.1, 0.15) is 17.3 Å². The van der Waals surface area contributed by atoms with Crippen molar-refractivity contribution in [3.05, 3.63) is 69.1 Å². The lowest BCUT2D eigenvalue weighted by Crippen LogP contribution is -2.39. The maximum absolute atomic E-state index is 15.2. The highest BCUT2D eigenvalue weighted by Crippen LogP contribution is 2.53. The number of benzene rings is 2. The zero-order valence-electron chi connectivity index (χ0n) is 22.5. The molecule has 1 saturated heterocycles. The first kappa shape index (κ1) is 28.3. The van der Waals surface area contributed by atoms with Gasteiger partial charge in [0, 0.05) is 29.6 Å². The smallest absolute Gasteiger partial charge is 0.180 e. The molecule has 0 radical (unpaired) electrons. The highest BCUT2D eigenvalue weighted by molar-refractivity contribution is 7.93. The molecule has 7 nitrogen and oxygen atoms in total. The number of halogens is 4. The number of hydrogen-bond acceptors (Lipinski definition) is 7. The Hall–Kier alpha value is -2.53. The second kappa shape index (κ2) is 10.3. The molecule has 42 heavy (non-hydrogen) atoms. The monoisotopic (exact) mass is 636 g/mol. The molecule has 1 aromatic heterocycles. The average Bonchev–Trinajstić information content (AvgIpc) is 3.81. The van der Waals surface area contributed by atoms with Gasteiger partial charge < -0.3 is 14.2 Å². The summed E-state index contributed by atoms with van der Waals surface area (Å²) < 4.78 is 66.6. The first-order valence-electron chi connectivity index (χ1n) is 14.1. The van der Waals surface area contributed by atoms with E-state index in [1.54, 1.807) is 24.3 Å². The number of sulfone groups is 1. The molecule has 2 bridgehead atoms. The lowest BCUT2D eigenvalue weighted by molar-refractivity contribution is 0.0113. The highest BCUT2D eigenvalue weighted by atomic mass is 35.5. The first-order valence-corrected chi connectivity index (χ1v) is 16.6. The summed E-state index contributed by atoms with van der Waals surface area (Å²) in [7, 11) is -3.48. The fraction of sp³-hybridized carbons (Fsp3) is 0.467. The van der Waals surface area contributed by atoms with Crippen molar-refractivity contribution in [2.24, 2.45) is 5.92 Å². The van der Waals surface area contributed by atoms with Crippen molar-refractivity contribution in [2.45, 2.75) is 68.2 Å². The molecular formula is C30H28Cl2F2N2O5S. The number of piperidine rings is 1. The van der Waals surface area contributed by atoms with Crippen LogP contribution in [0.25, 0.3) is 11.3 Å². The van der Waals surface area contributed by atoms with E-state index < -0.39 is 38.1 Å². The van der Waals surface area contributed by atoms with Crippen molar-refractivity contribution < 1.29 is 31.3 Å². The van der Waals surface area contributed by atoms with E-state index >= 15 is 8.78 Å². The van der Waals surface area contributed by atoms with Gasteiger partial charge in [-0.1, -0.05) is 34.4 Å². The van der Waals surface area contributed by atoms with Crippen LogP contribution in [0.5, 0.6) is 0 Å². The van der Waals surface area contributed by atoms with Crippen molar-refractivity contribution in [1.82, 2.24) is 5.16 Å². The van der Waals surface area contributed by atoms with Gasteiger partial charge in [-0.2, -0.15) is 0 Å². The maximum Gasteiger partial charge on any atom is 0.180 e. The zero-order chi connectivity index (χ0) is 29.4. The van der Waals surface area contributed by atoms with Crippen LogP contribution in [0.4, 0.5) is 14.5 Å². The number of rotatable bonds is 10. The molecule has 12 heteroatoms. The van der Waals surface area contributed by atoms with E-state index in [1.807, 2.05) is 4.90 Å². The lowest BCUT2D eigenvalue weighted by atomic mass is 10.0. The van der Waals surface area contributed by atoms with Gasteiger partial charge in [0.25, 0.3) is 0 Å². The largest absolute Gasteiger partial charge is 0.373 e. The van der Waals surface area contributed by atoms with Crippen LogP contribution in [-0.4, -0.2) is 49.1 Å². The van der Waals surface area contributed by atoms with E-state index in [0.717, 1.165) is 12.5 Å². The second-order valence-electron chi connectivity index (χ2n) is 11.9. The quantitative estimate of drug-likeness (QED) is 0.229. The Labute approximate surface area is 252 Å². The third kappa shape index (κ3) is 5.04. The molecule has 2 heterocycles. The van der Waals surface area contributed by atoms with Crippen molar-refractivity contribution >= 4 is 44.5 Å². The van der Waals surface area contributed by atoms with Crippen LogP contribution in [0.3, 0.4) is 0 Å². The minimum absolute atomic E-state index is 0.0293. The summed E-state index contributed by atoms with van der Waals surface area (Å²) in [6, 6.07) is 9.32. The Morgan fingerprint density at radius 1 is 1.14 bits per heavy atom. The van der Waals surface area contributed by atoms with Gasteiger partial charge in [-0.3, -0.25) is 4.79 Å². The SMILES string of the molecule is O=C(CS(=O)(=O)C1CC1)c1ccc(N2C[C@@H]3C[C@H]2C[C@H]3OCc2c(-c3c(Cl)cccc3Cl)noc2C2(F)CC2)c(F)c1. The summed E-state index contributed by atoms with van der Waals surface area (Å²) in [5.74, 6) is -1.46. The average molecular weight is 638 g/mol. The Balaban J connectivity index is 1.04. The molecule has 0 N–H and O–H groups in total. The molecule has 4 fully saturated rings. The van der Waals surface area contributed by atoms with E-state index in [9.17, 15) is 13.2 Å². The summed E-state index contributed by atoms with van der Waals surface area (Å²) in [6.07, 6.45) is 3.18. The van der Waals surface area contributed by atoms with Crippen LogP contribution in [0.15, 0.2) is 40.9 Å². The molecule has 4 aliphatic rings. The van der Waals surface area contributed by atoms with Gasteiger partial charge >= 0.3 is 0 Å². The van der Waals surface area contributed by atoms with E-state index in [2.05, 4.69) is 5.16 Å². The minimum atomic E-state index is -3.48. The van der Waals surface area contributed by atoms with Crippen molar-refractivity contribution in [2.75, 3.05) is 17.2 Å². The number of alkyl halides is 1. The highest BCUT2D eigenvalue weighted by Gasteiger charge is 2.52. The number of carbonyl (C=O) groups excluding carboxylic acids is 1. The van der Waals surface area contributed by atoms with Gasteiger partial charge in [-0.05, 0) is 68.9 Å². The van der Waals surface area contributed by atoms with Gasteiger partial charge in [-0.25, -0.2) is 17.2 Å². The van der Waals surface area contributed by atoms with Crippen LogP contribution < -0.4 is 4.90 Å². The number of hydrogen-bond donors (Lipinski definition) is 0. The predicted octanol–water partition coefficient (Wildman–Crippen LogP) is 6.69. The van der Waals surface area contributed by atoms with Crippen LogP contribution in [0.1, 0.15) is 60.2 Å². The van der Waals surface area contributed by atoms with E-state index in [4.69, 9.17) is 32.5 Å². The molecule has 2 aromatic carbocycles. The molecule has 0 amide bonds. The zero-order valence-corrected chi connectivity index (χ0v) is 24.8.